The quantitative estimate of drug-likeness (QED) is 0.167. The van der Waals surface area contributed by atoms with Gasteiger partial charge in [-0.2, -0.15) is 0 Å². The highest BCUT2D eigenvalue weighted by molar-refractivity contribution is 5.72. The highest BCUT2D eigenvalue weighted by Gasteiger charge is 2.06. The predicted octanol–water partition coefficient (Wildman–Crippen LogP) is 5.95. The van der Waals surface area contributed by atoms with Gasteiger partial charge in [0.25, 0.3) is 0 Å². The van der Waals surface area contributed by atoms with Gasteiger partial charge in [0.1, 0.15) is 17.2 Å². The van der Waals surface area contributed by atoms with Gasteiger partial charge in [0.2, 0.25) is 0 Å². The van der Waals surface area contributed by atoms with E-state index in [1.54, 1.807) is 48.6 Å². The van der Waals surface area contributed by atoms with Crippen LogP contribution in [0.15, 0.2) is 84.9 Å². The van der Waals surface area contributed by atoms with Crippen LogP contribution in [0.25, 0.3) is 24.3 Å². The molecule has 0 bridgehead atoms. The zero-order chi connectivity index (χ0) is 24.5. The fraction of sp³-hybridized carbons (Fsp3) is 0. The lowest BCUT2D eigenvalue weighted by Gasteiger charge is -2.02. The summed E-state index contributed by atoms with van der Waals surface area (Å²) in [5.74, 6) is -0.903. The van der Waals surface area contributed by atoms with Gasteiger partial charge < -0.3 is 30.6 Å². The van der Waals surface area contributed by atoms with Crippen LogP contribution in [0.5, 0.6) is 34.5 Å². The van der Waals surface area contributed by atoms with E-state index >= 15 is 0 Å². The highest BCUT2D eigenvalue weighted by atomic mass is 16.3. The molecule has 4 rings (SSSR count). The van der Waals surface area contributed by atoms with Gasteiger partial charge in [-0.1, -0.05) is 66.8 Å². The third-order valence-electron chi connectivity index (χ3n) is 4.65. The molecule has 6 heteroatoms. The monoisotopic (exact) mass is 456 g/mol. The summed E-state index contributed by atoms with van der Waals surface area (Å²) in [6.07, 6.45) is 7.19. The first-order valence-corrected chi connectivity index (χ1v) is 10.3. The summed E-state index contributed by atoms with van der Waals surface area (Å²) in [4.78, 5) is 0. The average molecular weight is 456 g/mol. The molecule has 0 aromatic heterocycles. The van der Waals surface area contributed by atoms with E-state index in [1.807, 2.05) is 42.5 Å². The van der Waals surface area contributed by atoms with Gasteiger partial charge in [-0.25, -0.2) is 0 Å². The Hall–Kier alpha value is -4.84. The van der Waals surface area contributed by atoms with Gasteiger partial charge in [-0.3, -0.25) is 0 Å². The minimum absolute atomic E-state index is 0.0235. The van der Waals surface area contributed by atoms with E-state index in [0.29, 0.717) is 11.1 Å². The predicted molar refractivity (Wildman–Crippen MR) is 134 cm³/mol. The van der Waals surface area contributed by atoms with Crippen LogP contribution in [-0.4, -0.2) is 30.6 Å². The summed E-state index contributed by atoms with van der Waals surface area (Å²) in [6.45, 7) is 0. The van der Waals surface area contributed by atoms with Crippen LogP contribution in [0.2, 0.25) is 0 Å². The van der Waals surface area contributed by atoms with Gasteiger partial charge in [0.05, 0.1) is 0 Å². The molecular weight excluding hydrogens is 432 g/mol. The largest absolute Gasteiger partial charge is 0.508 e. The van der Waals surface area contributed by atoms with Crippen LogP contribution in [0.1, 0.15) is 22.3 Å². The summed E-state index contributed by atoms with van der Waals surface area (Å²) >= 11 is 0. The summed E-state index contributed by atoms with van der Waals surface area (Å²) < 4.78 is 0. The normalized spacial score (nSPS) is 10.8. The molecule has 0 amide bonds. The van der Waals surface area contributed by atoms with E-state index in [9.17, 15) is 25.5 Å². The van der Waals surface area contributed by atoms with Crippen molar-refractivity contribution in [1.29, 1.82) is 0 Å². The fourth-order valence-corrected chi connectivity index (χ4v) is 2.97. The first-order chi connectivity index (χ1) is 16.3. The van der Waals surface area contributed by atoms with E-state index in [1.165, 1.54) is 18.2 Å². The van der Waals surface area contributed by atoms with E-state index in [0.717, 1.165) is 11.1 Å². The Morgan fingerprint density at radius 1 is 0.382 bits per heavy atom. The Bertz CT molecular complexity index is 1250. The van der Waals surface area contributed by atoms with E-state index in [-0.39, 0.29) is 28.7 Å². The molecular formula is C28H24O6. The summed E-state index contributed by atoms with van der Waals surface area (Å²) in [5.41, 5.74) is 3.25. The van der Waals surface area contributed by atoms with Crippen LogP contribution in [-0.2, 0) is 0 Å². The van der Waals surface area contributed by atoms with E-state index in [2.05, 4.69) is 0 Å². The molecule has 6 nitrogen and oxygen atoms in total. The first kappa shape index (κ1) is 23.8. The van der Waals surface area contributed by atoms with Crippen molar-refractivity contribution in [2.24, 2.45) is 0 Å². The molecule has 0 atom stereocenters. The number of rotatable bonds is 4. The number of aromatic hydroxyl groups is 6. The lowest BCUT2D eigenvalue weighted by Crippen LogP contribution is -1.76. The van der Waals surface area contributed by atoms with Crippen LogP contribution < -0.4 is 0 Å². The minimum atomic E-state index is -0.498. The Morgan fingerprint density at radius 2 is 0.824 bits per heavy atom. The maximum Gasteiger partial charge on any atom is 0.200 e. The molecule has 6 N–H and O–H groups in total. The maximum absolute atomic E-state index is 9.33. The molecule has 0 radical (unpaired) electrons. The Balaban J connectivity index is 0.000000191. The van der Waals surface area contributed by atoms with Crippen LogP contribution in [0, 0.1) is 0 Å². The zero-order valence-electron chi connectivity index (χ0n) is 18.1. The molecule has 0 aliphatic rings. The van der Waals surface area contributed by atoms with Gasteiger partial charge in [0.15, 0.2) is 17.2 Å². The molecule has 0 heterocycles. The SMILES string of the molecule is Oc1cc(/C=C/c2ccccc2)cc(O)c1O.Oc1ccc(C=Cc2cc(O)cc(O)c2)cc1. The second kappa shape index (κ2) is 11.2. The zero-order valence-corrected chi connectivity index (χ0v) is 18.1. The number of benzene rings is 4. The molecule has 172 valence electrons. The van der Waals surface area contributed by atoms with Crippen molar-refractivity contribution in [2.75, 3.05) is 0 Å². The Morgan fingerprint density at radius 3 is 1.35 bits per heavy atom. The second-order valence-corrected chi connectivity index (χ2v) is 7.36. The topological polar surface area (TPSA) is 121 Å². The Labute approximate surface area is 196 Å². The molecule has 0 aliphatic heterocycles. The third-order valence-corrected chi connectivity index (χ3v) is 4.65. The van der Waals surface area contributed by atoms with Crippen molar-refractivity contribution in [3.05, 3.63) is 107 Å². The van der Waals surface area contributed by atoms with Crippen molar-refractivity contribution in [3.8, 4) is 34.5 Å². The fourth-order valence-electron chi connectivity index (χ4n) is 2.97. The molecule has 0 fully saturated rings. The molecule has 0 spiro atoms. The minimum Gasteiger partial charge on any atom is -0.508 e. The Kier molecular flexibility index (Phi) is 7.81. The number of hydrogen-bond donors (Lipinski definition) is 6. The molecule has 4 aromatic carbocycles. The van der Waals surface area contributed by atoms with Gasteiger partial charge in [0, 0.05) is 6.07 Å². The summed E-state index contributed by atoms with van der Waals surface area (Å²) in [5, 5.41) is 55.6. The molecule has 34 heavy (non-hydrogen) atoms. The molecule has 0 aliphatic carbocycles. The lowest BCUT2D eigenvalue weighted by atomic mass is 10.1. The van der Waals surface area contributed by atoms with Crippen LogP contribution in [0.3, 0.4) is 0 Å². The van der Waals surface area contributed by atoms with Crippen molar-refractivity contribution in [3.63, 3.8) is 0 Å². The van der Waals surface area contributed by atoms with Gasteiger partial charge in [-0.15, -0.1) is 0 Å². The van der Waals surface area contributed by atoms with Gasteiger partial charge >= 0.3 is 0 Å². The van der Waals surface area contributed by atoms with E-state index < -0.39 is 5.75 Å². The smallest absolute Gasteiger partial charge is 0.200 e. The highest BCUT2D eigenvalue weighted by Crippen LogP contribution is 2.35. The molecule has 0 unspecified atom stereocenters. The second-order valence-electron chi connectivity index (χ2n) is 7.36. The van der Waals surface area contributed by atoms with Gasteiger partial charge in [-0.05, 0) is 58.7 Å². The third kappa shape index (κ3) is 7.10. The molecule has 0 saturated heterocycles. The van der Waals surface area contributed by atoms with E-state index in [4.69, 9.17) is 5.11 Å². The standard InChI is InChI=1S/2C14H12O3/c15-12-5-3-10(4-6-12)1-2-11-7-13(16)9-14(17)8-11;15-12-8-11(9-13(16)14(12)17)7-6-10-4-2-1-3-5-10/h2*1-9,15-17H/b;7-6+. The van der Waals surface area contributed by atoms with Crippen molar-refractivity contribution >= 4 is 24.3 Å². The van der Waals surface area contributed by atoms with Crippen molar-refractivity contribution in [2.45, 2.75) is 0 Å². The lowest BCUT2D eigenvalue weighted by molar-refractivity contribution is 0.368. The number of hydrogen-bond acceptors (Lipinski definition) is 6. The van der Waals surface area contributed by atoms with Crippen molar-refractivity contribution in [1.82, 2.24) is 0 Å². The molecule has 4 aromatic rings. The molecule has 0 saturated carbocycles. The number of phenols is 6. The van der Waals surface area contributed by atoms with Crippen LogP contribution >= 0.6 is 0 Å². The number of phenolic OH excluding ortho intramolecular Hbond substituents is 6. The summed E-state index contributed by atoms with van der Waals surface area (Å²) in [6, 6.07) is 23.5. The summed E-state index contributed by atoms with van der Waals surface area (Å²) in [7, 11) is 0. The first-order valence-electron chi connectivity index (χ1n) is 10.3. The van der Waals surface area contributed by atoms with Crippen molar-refractivity contribution < 1.29 is 30.6 Å². The van der Waals surface area contributed by atoms with Crippen LogP contribution in [0.4, 0.5) is 0 Å². The maximum atomic E-state index is 9.33. The average Bonchev–Trinajstić information content (AvgIpc) is 2.81.